The molecular weight excluding hydrogens is 192 g/mol. The summed E-state index contributed by atoms with van der Waals surface area (Å²) in [6.45, 7) is 0. The molecule has 0 bridgehead atoms. The average molecular weight is 197 g/mol. The van der Waals surface area contributed by atoms with Crippen molar-refractivity contribution in [2.45, 2.75) is 6.43 Å². The Balaban J connectivity index is 3.50. The molecule has 4 nitrogen and oxygen atoms in total. The predicted molar refractivity (Wildman–Crippen MR) is 43.7 cm³/mol. The maximum atomic E-state index is 12.4. The third-order valence-corrected chi connectivity index (χ3v) is 1.56. The zero-order chi connectivity index (χ0) is 10.7. The maximum absolute atomic E-state index is 12.4. The molecule has 0 fully saturated rings. The van der Waals surface area contributed by atoms with E-state index in [0.29, 0.717) is 0 Å². The Morgan fingerprint density at radius 3 is 2.71 bits per heavy atom. The molecule has 1 rings (SSSR count). The van der Waals surface area contributed by atoms with Crippen LogP contribution in [0.4, 0.5) is 14.6 Å². The van der Waals surface area contributed by atoms with Crippen molar-refractivity contribution in [1.82, 2.24) is 4.98 Å². The number of hydrogen-bond donors (Lipinski definition) is 1. The highest BCUT2D eigenvalue weighted by molar-refractivity contribution is 5.77. The third kappa shape index (κ3) is 1.66. The normalized spacial score (nSPS) is 9.86. The second-order valence-electron chi connectivity index (χ2n) is 2.42. The summed E-state index contributed by atoms with van der Waals surface area (Å²) < 4.78 is 24.8. The number of nitriles is 1. The highest BCUT2D eigenvalue weighted by atomic mass is 19.3. The molecule has 0 unspecified atom stereocenters. The lowest BCUT2D eigenvalue weighted by atomic mass is 10.1. The lowest BCUT2D eigenvalue weighted by Crippen LogP contribution is -2.04. The van der Waals surface area contributed by atoms with Crippen LogP contribution in [0.1, 0.15) is 28.0 Å². The van der Waals surface area contributed by atoms with E-state index in [1.807, 2.05) is 0 Å². The predicted octanol–water partition coefficient (Wildman–Crippen LogP) is 1.29. The Kier molecular flexibility index (Phi) is 2.72. The fourth-order valence-corrected chi connectivity index (χ4v) is 1.01. The van der Waals surface area contributed by atoms with E-state index in [9.17, 15) is 13.6 Å². The number of nitrogens with zero attached hydrogens (tertiary/aromatic N) is 2. The first-order valence-corrected chi connectivity index (χ1v) is 3.54. The Bertz CT molecular complexity index is 412. The van der Waals surface area contributed by atoms with Gasteiger partial charge in [0, 0.05) is 0 Å². The van der Waals surface area contributed by atoms with E-state index in [1.54, 1.807) is 0 Å². The summed E-state index contributed by atoms with van der Waals surface area (Å²) in [4.78, 5) is 13.8. The zero-order valence-corrected chi connectivity index (χ0v) is 6.87. The topological polar surface area (TPSA) is 79.8 Å². The number of pyridine rings is 1. The standard InChI is InChI=1S/C8H5F2N3O/c9-8(10)7-4(2-11)1-6(12)13-5(7)3-14/h1,3,8H,(H2,12,13). The van der Waals surface area contributed by atoms with Crippen molar-refractivity contribution in [2.24, 2.45) is 0 Å². The summed E-state index contributed by atoms with van der Waals surface area (Å²) in [5.74, 6) is -0.131. The number of carbonyl (C=O) groups excluding carboxylic acids is 1. The number of alkyl halides is 2. The number of aldehydes is 1. The molecule has 6 heteroatoms. The van der Waals surface area contributed by atoms with Crippen molar-refractivity contribution in [2.75, 3.05) is 5.73 Å². The van der Waals surface area contributed by atoms with Crippen molar-refractivity contribution in [3.05, 3.63) is 22.9 Å². The second-order valence-corrected chi connectivity index (χ2v) is 2.42. The molecule has 0 spiro atoms. The molecule has 1 heterocycles. The minimum atomic E-state index is -2.92. The van der Waals surface area contributed by atoms with Gasteiger partial charge in [-0.25, -0.2) is 13.8 Å². The van der Waals surface area contributed by atoms with Gasteiger partial charge in [-0.05, 0) is 6.07 Å². The number of halogens is 2. The molecular formula is C8H5F2N3O. The first-order valence-electron chi connectivity index (χ1n) is 3.54. The molecule has 0 aliphatic rings. The van der Waals surface area contributed by atoms with Gasteiger partial charge in [0.05, 0.1) is 17.2 Å². The monoisotopic (exact) mass is 197 g/mol. The van der Waals surface area contributed by atoms with Crippen LogP contribution < -0.4 is 5.73 Å². The van der Waals surface area contributed by atoms with Gasteiger partial charge in [0.1, 0.15) is 11.5 Å². The first kappa shape index (κ1) is 10.1. The van der Waals surface area contributed by atoms with Gasteiger partial charge in [0.25, 0.3) is 6.43 Å². The molecule has 1 aromatic heterocycles. The number of anilines is 1. The van der Waals surface area contributed by atoms with Crippen molar-refractivity contribution in [1.29, 1.82) is 5.26 Å². The molecule has 2 N–H and O–H groups in total. The number of hydrogen-bond acceptors (Lipinski definition) is 4. The minimum Gasteiger partial charge on any atom is -0.384 e. The quantitative estimate of drug-likeness (QED) is 0.724. The van der Waals surface area contributed by atoms with Crippen LogP contribution in [-0.4, -0.2) is 11.3 Å². The van der Waals surface area contributed by atoms with Crippen molar-refractivity contribution in [3.8, 4) is 6.07 Å². The Hall–Kier alpha value is -2.03. The fourth-order valence-electron chi connectivity index (χ4n) is 1.01. The van der Waals surface area contributed by atoms with Crippen LogP contribution in [0.5, 0.6) is 0 Å². The molecule has 72 valence electrons. The van der Waals surface area contributed by atoms with Gasteiger partial charge in [-0.15, -0.1) is 0 Å². The van der Waals surface area contributed by atoms with Gasteiger partial charge in [0.15, 0.2) is 6.29 Å². The van der Waals surface area contributed by atoms with Crippen LogP contribution >= 0.6 is 0 Å². The van der Waals surface area contributed by atoms with Crippen LogP contribution in [0.25, 0.3) is 0 Å². The van der Waals surface area contributed by atoms with E-state index in [2.05, 4.69) is 4.98 Å². The Morgan fingerprint density at radius 1 is 1.64 bits per heavy atom. The lowest BCUT2D eigenvalue weighted by molar-refractivity contribution is 0.110. The number of nitrogens with two attached hydrogens (primary N) is 1. The van der Waals surface area contributed by atoms with E-state index < -0.39 is 17.7 Å². The van der Waals surface area contributed by atoms with Gasteiger partial charge in [0.2, 0.25) is 0 Å². The average Bonchev–Trinajstić information content (AvgIpc) is 2.15. The minimum absolute atomic E-state index is 0.131. The maximum Gasteiger partial charge on any atom is 0.267 e. The first-order chi connectivity index (χ1) is 6.60. The smallest absolute Gasteiger partial charge is 0.267 e. The molecule has 0 atom stereocenters. The summed E-state index contributed by atoms with van der Waals surface area (Å²) in [6.07, 6.45) is -2.77. The molecule has 1 aromatic rings. The summed E-state index contributed by atoms with van der Waals surface area (Å²) in [5.41, 5.74) is 3.73. The van der Waals surface area contributed by atoms with E-state index in [0.717, 1.165) is 6.07 Å². The number of nitrogen functional groups attached to an aromatic ring is 1. The van der Waals surface area contributed by atoms with Crippen molar-refractivity contribution in [3.63, 3.8) is 0 Å². The molecule has 0 aromatic carbocycles. The summed E-state index contributed by atoms with van der Waals surface area (Å²) in [7, 11) is 0. The van der Waals surface area contributed by atoms with E-state index in [4.69, 9.17) is 11.0 Å². The Morgan fingerprint density at radius 2 is 2.29 bits per heavy atom. The largest absolute Gasteiger partial charge is 0.384 e. The molecule has 0 saturated carbocycles. The second kappa shape index (κ2) is 3.79. The molecule has 0 radical (unpaired) electrons. The van der Waals surface area contributed by atoms with Crippen LogP contribution in [0, 0.1) is 11.3 Å². The van der Waals surface area contributed by atoms with Gasteiger partial charge >= 0.3 is 0 Å². The summed E-state index contributed by atoms with van der Waals surface area (Å²) >= 11 is 0. The lowest BCUT2D eigenvalue weighted by Gasteiger charge is -2.05. The van der Waals surface area contributed by atoms with Gasteiger partial charge in [-0.2, -0.15) is 5.26 Å². The highest BCUT2D eigenvalue weighted by Crippen LogP contribution is 2.25. The van der Waals surface area contributed by atoms with E-state index in [-0.39, 0.29) is 17.7 Å². The fraction of sp³-hybridized carbons (Fsp3) is 0.125. The highest BCUT2D eigenvalue weighted by Gasteiger charge is 2.19. The molecule has 0 amide bonds. The molecule has 0 saturated heterocycles. The van der Waals surface area contributed by atoms with Crippen LogP contribution in [0.2, 0.25) is 0 Å². The van der Waals surface area contributed by atoms with Gasteiger partial charge < -0.3 is 5.73 Å². The van der Waals surface area contributed by atoms with E-state index >= 15 is 0 Å². The summed E-state index contributed by atoms with van der Waals surface area (Å²) in [6, 6.07) is 2.54. The van der Waals surface area contributed by atoms with Gasteiger partial charge in [-0.3, -0.25) is 4.79 Å². The van der Waals surface area contributed by atoms with Crippen molar-refractivity contribution >= 4 is 12.1 Å². The van der Waals surface area contributed by atoms with Crippen LogP contribution in [-0.2, 0) is 0 Å². The van der Waals surface area contributed by atoms with Crippen LogP contribution in [0.15, 0.2) is 6.07 Å². The third-order valence-electron chi connectivity index (χ3n) is 1.56. The molecule has 0 aliphatic carbocycles. The number of aromatic nitrogens is 1. The van der Waals surface area contributed by atoms with E-state index in [1.165, 1.54) is 6.07 Å². The van der Waals surface area contributed by atoms with Crippen LogP contribution in [0.3, 0.4) is 0 Å². The van der Waals surface area contributed by atoms with Gasteiger partial charge in [-0.1, -0.05) is 0 Å². The SMILES string of the molecule is N#Cc1cc(N)nc(C=O)c1C(F)F. The number of carbonyl (C=O) groups is 1. The number of rotatable bonds is 2. The molecule has 0 aliphatic heterocycles. The Labute approximate surface area is 78.0 Å². The molecule has 14 heavy (non-hydrogen) atoms. The van der Waals surface area contributed by atoms with Crippen molar-refractivity contribution < 1.29 is 13.6 Å². The summed E-state index contributed by atoms with van der Waals surface area (Å²) in [5, 5.41) is 8.53. The zero-order valence-electron chi connectivity index (χ0n) is 6.87.